The van der Waals surface area contributed by atoms with Gasteiger partial charge >= 0.3 is 0 Å². The standard InChI is InChI=1S/C12H14ClN3O/c1-2-15-12(14)16-11(17)8-7-9-5-3-4-6-10(9)13/h3-8H,2H2,1H3,(H3,14,15,16,17)/b8-7+. The number of halogens is 1. The van der Waals surface area contributed by atoms with Gasteiger partial charge in [-0.05, 0) is 24.6 Å². The van der Waals surface area contributed by atoms with Crippen molar-refractivity contribution in [2.24, 2.45) is 0 Å². The predicted octanol–water partition coefficient (Wildman–Crippen LogP) is 2.01. The quantitative estimate of drug-likeness (QED) is 0.437. The van der Waals surface area contributed by atoms with Gasteiger partial charge < -0.3 is 5.32 Å². The Morgan fingerprint density at radius 3 is 2.82 bits per heavy atom. The summed E-state index contributed by atoms with van der Waals surface area (Å²) in [6, 6.07) is 7.21. The molecule has 0 heterocycles. The van der Waals surface area contributed by atoms with Crippen LogP contribution < -0.4 is 10.6 Å². The van der Waals surface area contributed by atoms with E-state index in [4.69, 9.17) is 17.0 Å². The molecule has 0 spiro atoms. The molecule has 0 saturated heterocycles. The van der Waals surface area contributed by atoms with Crippen molar-refractivity contribution in [3.8, 4) is 0 Å². The lowest BCUT2D eigenvalue weighted by molar-refractivity contribution is -0.115. The molecule has 0 unspecified atom stereocenters. The van der Waals surface area contributed by atoms with E-state index in [1.54, 1.807) is 12.1 Å². The number of guanidine groups is 1. The minimum Gasteiger partial charge on any atom is -0.357 e. The van der Waals surface area contributed by atoms with Crippen LogP contribution in [0.3, 0.4) is 0 Å². The molecule has 0 saturated carbocycles. The molecule has 0 aliphatic rings. The molecule has 90 valence electrons. The highest BCUT2D eigenvalue weighted by atomic mass is 35.5. The van der Waals surface area contributed by atoms with Crippen LogP contribution in [-0.4, -0.2) is 18.4 Å². The summed E-state index contributed by atoms with van der Waals surface area (Å²) in [4.78, 5) is 11.4. The van der Waals surface area contributed by atoms with Gasteiger partial charge in [-0.25, -0.2) is 0 Å². The van der Waals surface area contributed by atoms with Gasteiger partial charge in [-0.2, -0.15) is 0 Å². The Bertz CT molecular complexity index is 443. The third kappa shape index (κ3) is 4.70. The molecule has 4 nitrogen and oxygen atoms in total. The predicted molar refractivity (Wildman–Crippen MR) is 70.0 cm³/mol. The molecule has 0 atom stereocenters. The van der Waals surface area contributed by atoms with Crippen LogP contribution in [0.4, 0.5) is 0 Å². The Morgan fingerprint density at radius 1 is 1.47 bits per heavy atom. The molecule has 0 aliphatic carbocycles. The molecule has 3 N–H and O–H groups in total. The summed E-state index contributed by atoms with van der Waals surface area (Å²) >= 11 is 5.93. The van der Waals surface area contributed by atoms with Gasteiger partial charge in [0.1, 0.15) is 0 Å². The van der Waals surface area contributed by atoms with E-state index in [9.17, 15) is 4.79 Å². The van der Waals surface area contributed by atoms with Crippen molar-refractivity contribution >= 4 is 29.5 Å². The molecule has 1 aromatic carbocycles. The Balaban J connectivity index is 2.57. The van der Waals surface area contributed by atoms with E-state index < -0.39 is 0 Å². The van der Waals surface area contributed by atoms with Crippen molar-refractivity contribution in [3.63, 3.8) is 0 Å². The largest absolute Gasteiger partial charge is 0.357 e. The van der Waals surface area contributed by atoms with Gasteiger partial charge in [0.2, 0.25) is 0 Å². The number of hydrogen-bond donors (Lipinski definition) is 3. The van der Waals surface area contributed by atoms with Crippen LogP contribution >= 0.6 is 11.6 Å². The van der Waals surface area contributed by atoms with Crippen LogP contribution in [0, 0.1) is 5.41 Å². The molecule has 1 aromatic rings. The van der Waals surface area contributed by atoms with Crippen LogP contribution in [0.5, 0.6) is 0 Å². The summed E-state index contributed by atoms with van der Waals surface area (Å²) in [6.45, 7) is 2.44. The van der Waals surface area contributed by atoms with E-state index in [0.717, 1.165) is 5.56 Å². The van der Waals surface area contributed by atoms with Crippen LogP contribution in [0.15, 0.2) is 30.3 Å². The van der Waals surface area contributed by atoms with Gasteiger partial charge in [0.05, 0.1) is 0 Å². The van der Waals surface area contributed by atoms with E-state index >= 15 is 0 Å². The number of amides is 1. The molecule has 1 amide bonds. The first-order valence-corrected chi connectivity index (χ1v) is 5.57. The first kappa shape index (κ1) is 13.3. The lowest BCUT2D eigenvalue weighted by Gasteiger charge is -2.04. The molecule has 1 rings (SSSR count). The molecular formula is C12H14ClN3O. The van der Waals surface area contributed by atoms with Crippen molar-refractivity contribution in [2.45, 2.75) is 6.92 Å². The maximum absolute atomic E-state index is 11.4. The maximum atomic E-state index is 11.4. The SMILES string of the molecule is CCNC(=N)NC(=O)/C=C/c1ccccc1Cl. The van der Waals surface area contributed by atoms with Gasteiger partial charge in [-0.15, -0.1) is 0 Å². The number of carbonyl (C=O) groups is 1. The average molecular weight is 252 g/mol. The lowest BCUT2D eigenvalue weighted by atomic mass is 10.2. The second-order valence-electron chi connectivity index (χ2n) is 3.25. The van der Waals surface area contributed by atoms with Gasteiger partial charge in [-0.1, -0.05) is 29.8 Å². The highest BCUT2D eigenvalue weighted by molar-refractivity contribution is 6.32. The third-order valence-corrected chi connectivity index (χ3v) is 2.27. The Hall–Kier alpha value is -1.81. The van der Waals surface area contributed by atoms with E-state index in [-0.39, 0.29) is 11.9 Å². The summed E-state index contributed by atoms with van der Waals surface area (Å²) in [5.74, 6) is -0.378. The van der Waals surface area contributed by atoms with Gasteiger partial charge in [0.15, 0.2) is 5.96 Å². The van der Waals surface area contributed by atoms with Crippen LogP contribution in [-0.2, 0) is 4.79 Å². The first-order valence-electron chi connectivity index (χ1n) is 5.19. The molecule has 17 heavy (non-hydrogen) atoms. The summed E-state index contributed by atoms with van der Waals surface area (Å²) in [5, 5.41) is 13.0. The van der Waals surface area contributed by atoms with Crippen LogP contribution in [0.25, 0.3) is 6.08 Å². The zero-order chi connectivity index (χ0) is 12.7. The lowest BCUT2D eigenvalue weighted by Crippen LogP contribution is -2.39. The fraction of sp³-hybridized carbons (Fsp3) is 0.167. The highest BCUT2D eigenvalue weighted by Crippen LogP contribution is 2.15. The van der Waals surface area contributed by atoms with E-state index in [1.807, 2.05) is 25.1 Å². The Labute approximate surface area is 105 Å². The summed E-state index contributed by atoms with van der Waals surface area (Å²) in [5.41, 5.74) is 0.763. The minimum atomic E-state index is -0.365. The summed E-state index contributed by atoms with van der Waals surface area (Å²) in [6.07, 6.45) is 2.95. The first-order chi connectivity index (χ1) is 8.13. The number of carbonyl (C=O) groups excluding carboxylic acids is 1. The number of hydrogen-bond acceptors (Lipinski definition) is 2. The third-order valence-electron chi connectivity index (χ3n) is 1.92. The molecule has 0 radical (unpaired) electrons. The normalized spacial score (nSPS) is 10.2. The maximum Gasteiger partial charge on any atom is 0.250 e. The van der Waals surface area contributed by atoms with Gasteiger partial charge in [-0.3, -0.25) is 15.5 Å². The van der Waals surface area contributed by atoms with E-state index in [2.05, 4.69) is 10.6 Å². The number of nitrogens with one attached hydrogen (secondary N) is 3. The smallest absolute Gasteiger partial charge is 0.250 e. The average Bonchev–Trinajstić information content (AvgIpc) is 2.28. The fourth-order valence-corrected chi connectivity index (χ4v) is 1.36. The van der Waals surface area contributed by atoms with Gasteiger partial charge in [0, 0.05) is 17.6 Å². The zero-order valence-corrected chi connectivity index (χ0v) is 10.2. The molecule has 5 heteroatoms. The highest BCUT2D eigenvalue weighted by Gasteiger charge is 1.99. The van der Waals surface area contributed by atoms with Crippen molar-refractivity contribution in [1.29, 1.82) is 5.41 Å². The van der Waals surface area contributed by atoms with Crippen molar-refractivity contribution in [1.82, 2.24) is 10.6 Å². The fourth-order valence-electron chi connectivity index (χ4n) is 1.16. The van der Waals surface area contributed by atoms with Gasteiger partial charge in [0.25, 0.3) is 5.91 Å². The Kier molecular flexibility index (Phi) is 5.23. The molecular weight excluding hydrogens is 238 g/mol. The summed E-state index contributed by atoms with van der Waals surface area (Å²) in [7, 11) is 0. The van der Waals surface area contributed by atoms with Crippen LogP contribution in [0.1, 0.15) is 12.5 Å². The van der Waals surface area contributed by atoms with Crippen molar-refractivity contribution in [2.75, 3.05) is 6.54 Å². The zero-order valence-electron chi connectivity index (χ0n) is 9.46. The monoisotopic (exact) mass is 251 g/mol. The second kappa shape index (κ2) is 6.70. The van der Waals surface area contributed by atoms with E-state index in [1.165, 1.54) is 6.08 Å². The Morgan fingerprint density at radius 2 is 2.18 bits per heavy atom. The van der Waals surface area contributed by atoms with E-state index in [0.29, 0.717) is 11.6 Å². The van der Waals surface area contributed by atoms with Crippen LogP contribution in [0.2, 0.25) is 5.02 Å². The number of benzene rings is 1. The molecule has 0 aromatic heterocycles. The topological polar surface area (TPSA) is 65.0 Å². The molecule has 0 bridgehead atoms. The summed E-state index contributed by atoms with van der Waals surface area (Å²) < 4.78 is 0. The van der Waals surface area contributed by atoms with Crippen molar-refractivity contribution < 1.29 is 4.79 Å². The second-order valence-corrected chi connectivity index (χ2v) is 3.66. The van der Waals surface area contributed by atoms with Crippen molar-refractivity contribution in [3.05, 3.63) is 40.9 Å². The molecule has 0 fully saturated rings. The number of rotatable bonds is 3. The molecule has 0 aliphatic heterocycles. The minimum absolute atomic E-state index is 0.0127.